The number of hydrogen-bond acceptors (Lipinski definition) is 5. The number of Topliss-reactive ketones (excluding diaryl/α,β-unsaturated/α-hetero) is 1. The molecular weight excluding hydrogens is 404 g/mol. The summed E-state index contributed by atoms with van der Waals surface area (Å²) in [6, 6.07) is 16.7. The Labute approximate surface area is 175 Å². The van der Waals surface area contributed by atoms with Crippen LogP contribution >= 0.6 is 0 Å². The lowest BCUT2D eigenvalue weighted by atomic mass is 9.91. The van der Waals surface area contributed by atoms with Crippen LogP contribution in [0.2, 0.25) is 0 Å². The van der Waals surface area contributed by atoms with E-state index in [1.807, 2.05) is 6.07 Å². The molecule has 0 amide bonds. The van der Waals surface area contributed by atoms with E-state index < -0.39 is 38.9 Å². The molecule has 0 spiro atoms. The largest absolute Gasteiger partial charge is 0.481 e. The minimum absolute atomic E-state index is 0.0446. The van der Waals surface area contributed by atoms with E-state index in [-0.39, 0.29) is 30.6 Å². The summed E-state index contributed by atoms with van der Waals surface area (Å²) in [7, 11) is -4.00. The molecule has 3 unspecified atom stereocenters. The molecule has 0 saturated heterocycles. The van der Waals surface area contributed by atoms with E-state index in [0.717, 1.165) is 0 Å². The average molecular weight is 429 g/mol. The minimum Gasteiger partial charge on any atom is -0.481 e. The van der Waals surface area contributed by atoms with Crippen LogP contribution in [0, 0.1) is 5.92 Å². The summed E-state index contributed by atoms with van der Waals surface area (Å²) < 4.78 is 26.7. The zero-order valence-corrected chi connectivity index (χ0v) is 17.2. The molecule has 30 heavy (non-hydrogen) atoms. The Balaban J connectivity index is 1.93. The van der Waals surface area contributed by atoms with Gasteiger partial charge in [-0.15, -0.1) is 0 Å². The van der Waals surface area contributed by atoms with Gasteiger partial charge in [0.05, 0.1) is 17.4 Å². The van der Waals surface area contributed by atoms with Crippen molar-refractivity contribution in [2.24, 2.45) is 5.92 Å². The van der Waals surface area contributed by atoms with Crippen molar-refractivity contribution >= 4 is 21.6 Å². The molecule has 0 heterocycles. The Kier molecular flexibility index (Phi) is 6.84. The van der Waals surface area contributed by atoms with Crippen LogP contribution in [-0.2, 0) is 25.8 Å². The number of sulfone groups is 1. The van der Waals surface area contributed by atoms with Crippen molar-refractivity contribution in [3.05, 3.63) is 77.9 Å². The first-order valence-corrected chi connectivity index (χ1v) is 11.3. The lowest BCUT2D eigenvalue weighted by Gasteiger charge is -2.22. The molecule has 0 aromatic heterocycles. The maximum Gasteiger partial charge on any atom is 0.304 e. The van der Waals surface area contributed by atoms with Crippen LogP contribution in [0.3, 0.4) is 0 Å². The van der Waals surface area contributed by atoms with Gasteiger partial charge >= 0.3 is 5.97 Å². The van der Waals surface area contributed by atoms with Crippen molar-refractivity contribution in [1.82, 2.24) is 0 Å². The van der Waals surface area contributed by atoms with Crippen LogP contribution in [0.4, 0.5) is 0 Å². The number of carboxylic acids is 1. The third-order valence-corrected chi connectivity index (χ3v) is 7.51. The molecule has 0 fully saturated rings. The predicted molar refractivity (Wildman–Crippen MR) is 112 cm³/mol. The fourth-order valence-corrected chi connectivity index (χ4v) is 5.53. The summed E-state index contributed by atoms with van der Waals surface area (Å²) in [4.78, 5) is 24.4. The van der Waals surface area contributed by atoms with Crippen LogP contribution in [0.5, 0.6) is 0 Å². The van der Waals surface area contributed by atoms with E-state index in [1.54, 1.807) is 48.5 Å². The summed E-state index contributed by atoms with van der Waals surface area (Å²) in [5.74, 6) is -2.23. The molecule has 1 aliphatic carbocycles. The highest BCUT2D eigenvalue weighted by molar-refractivity contribution is 7.92. The summed E-state index contributed by atoms with van der Waals surface area (Å²) in [5.41, 5.74) is 1.22. The van der Waals surface area contributed by atoms with Gasteiger partial charge in [0.1, 0.15) is 5.25 Å². The number of aliphatic hydroxyl groups is 1. The topological polar surface area (TPSA) is 109 Å². The number of aliphatic hydroxyl groups excluding tert-OH is 1. The Morgan fingerprint density at radius 2 is 1.60 bits per heavy atom. The first kappa shape index (κ1) is 21.9. The van der Waals surface area contributed by atoms with Crippen molar-refractivity contribution in [2.45, 2.75) is 41.9 Å². The van der Waals surface area contributed by atoms with Crippen molar-refractivity contribution in [1.29, 1.82) is 0 Å². The lowest BCUT2D eigenvalue weighted by Crippen LogP contribution is -2.33. The number of benzene rings is 2. The molecule has 3 rings (SSSR count). The molecule has 1 aliphatic rings. The molecule has 2 aromatic carbocycles. The maximum atomic E-state index is 13.3. The molecule has 2 N–H and O–H groups in total. The number of rotatable bonds is 9. The van der Waals surface area contributed by atoms with Crippen LogP contribution in [0.1, 0.15) is 24.8 Å². The van der Waals surface area contributed by atoms with E-state index in [1.165, 1.54) is 12.1 Å². The smallest absolute Gasteiger partial charge is 0.304 e. The quantitative estimate of drug-likeness (QED) is 0.595. The normalized spacial score (nSPS) is 19.8. The van der Waals surface area contributed by atoms with Crippen LogP contribution < -0.4 is 0 Å². The predicted octanol–water partition coefficient (Wildman–Crippen LogP) is 2.81. The second kappa shape index (κ2) is 9.36. The minimum atomic E-state index is -4.00. The molecule has 158 valence electrons. The number of carboxylic acid groups (broad SMARTS) is 1. The van der Waals surface area contributed by atoms with Crippen molar-refractivity contribution < 1.29 is 28.2 Å². The number of carbonyl (C=O) groups is 2. The number of hydrogen-bond donors (Lipinski definition) is 2. The van der Waals surface area contributed by atoms with Crippen LogP contribution in [0.15, 0.2) is 77.2 Å². The Bertz CT molecular complexity index is 1030. The third kappa shape index (κ3) is 5.04. The lowest BCUT2D eigenvalue weighted by molar-refractivity contribution is -0.138. The number of aliphatic carboxylic acids is 1. The summed E-state index contributed by atoms with van der Waals surface area (Å²) >= 11 is 0. The first-order chi connectivity index (χ1) is 14.3. The van der Waals surface area contributed by atoms with Gasteiger partial charge in [-0.2, -0.15) is 0 Å². The monoisotopic (exact) mass is 428 g/mol. The van der Waals surface area contributed by atoms with Gasteiger partial charge in [0.15, 0.2) is 15.6 Å². The van der Waals surface area contributed by atoms with Crippen molar-refractivity contribution in [3.8, 4) is 0 Å². The van der Waals surface area contributed by atoms with E-state index in [0.29, 0.717) is 11.1 Å². The number of ketones is 1. The molecule has 2 aromatic rings. The Morgan fingerprint density at radius 1 is 1.00 bits per heavy atom. The van der Waals surface area contributed by atoms with Gasteiger partial charge in [-0.25, -0.2) is 8.42 Å². The Morgan fingerprint density at radius 3 is 2.20 bits per heavy atom. The zero-order valence-electron chi connectivity index (χ0n) is 16.3. The van der Waals surface area contributed by atoms with E-state index in [4.69, 9.17) is 5.11 Å². The van der Waals surface area contributed by atoms with Gasteiger partial charge < -0.3 is 10.2 Å². The van der Waals surface area contributed by atoms with Gasteiger partial charge in [-0.1, -0.05) is 60.2 Å². The third-order valence-electron chi connectivity index (χ3n) is 5.40. The molecule has 3 atom stereocenters. The highest BCUT2D eigenvalue weighted by Crippen LogP contribution is 2.35. The molecule has 7 heteroatoms. The highest BCUT2D eigenvalue weighted by Gasteiger charge is 2.38. The van der Waals surface area contributed by atoms with Crippen molar-refractivity contribution in [3.63, 3.8) is 0 Å². The van der Waals surface area contributed by atoms with Gasteiger partial charge in [0.2, 0.25) is 0 Å². The SMILES string of the molecule is O=C(O)CC1C(CC(C(=O)Cc2ccccc2)S(=O)(=O)c2ccccc2)=CCC1O. The van der Waals surface area contributed by atoms with E-state index in [2.05, 4.69) is 0 Å². The molecular formula is C23H24O6S. The first-order valence-electron chi connectivity index (χ1n) is 9.73. The maximum absolute atomic E-state index is 13.3. The summed E-state index contributed by atoms with van der Waals surface area (Å²) in [6.45, 7) is 0. The molecule has 6 nitrogen and oxygen atoms in total. The second-order valence-corrected chi connectivity index (χ2v) is 9.60. The highest BCUT2D eigenvalue weighted by atomic mass is 32.2. The second-order valence-electron chi connectivity index (χ2n) is 7.47. The number of carbonyl (C=O) groups excluding carboxylic acids is 1. The standard InChI is InChI=1S/C23H24O6S/c24-20-12-11-17(19(20)15-23(26)27)14-22(21(25)13-16-7-3-1-4-8-16)30(28,29)18-9-5-2-6-10-18/h1-11,19-20,22,24H,12-15H2,(H,26,27). The van der Waals surface area contributed by atoms with Crippen molar-refractivity contribution in [2.75, 3.05) is 0 Å². The van der Waals surface area contributed by atoms with Crippen LogP contribution in [0.25, 0.3) is 0 Å². The van der Waals surface area contributed by atoms with Gasteiger partial charge in [0, 0.05) is 12.3 Å². The fraction of sp³-hybridized carbons (Fsp3) is 0.304. The van der Waals surface area contributed by atoms with E-state index >= 15 is 0 Å². The molecule has 0 saturated carbocycles. The summed E-state index contributed by atoms with van der Waals surface area (Å²) in [5, 5.41) is 18.0. The molecule has 0 bridgehead atoms. The summed E-state index contributed by atoms with van der Waals surface area (Å²) in [6.07, 6.45) is 0.549. The van der Waals surface area contributed by atoms with Crippen LogP contribution in [-0.4, -0.2) is 41.7 Å². The zero-order chi connectivity index (χ0) is 21.7. The van der Waals surface area contributed by atoms with E-state index in [9.17, 15) is 23.1 Å². The van der Waals surface area contributed by atoms with Gasteiger partial charge in [-0.3, -0.25) is 9.59 Å². The van der Waals surface area contributed by atoms with Gasteiger partial charge in [0.25, 0.3) is 0 Å². The Hall–Kier alpha value is -2.77. The fourth-order valence-electron chi connectivity index (χ4n) is 3.82. The van der Waals surface area contributed by atoms with Gasteiger partial charge in [-0.05, 0) is 30.5 Å². The average Bonchev–Trinajstić information content (AvgIpc) is 3.06. The molecule has 0 radical (unpaired) electrons. The molecule has 0 aliphatic heterocycles.